The topological polar surface area (TPSA) is 50.2 Å². The number of benzene rings is 1. The Morgan fingerprint density at radius 3 is 2.55 bits per heavy atom. The Labute approximate surface area is 121 Å². The summed E-state index contributed by atoms with van der Waals surface area (Å²) < 4.78 is 53.3. The number of hydrogen-bond acceptors (Lipinski definition) is 2. The Morgan fingerprint density at radius 1 is 1.23 bits per heavy atom. The van der Waals surface area contributed by atoms with Crippen LogP contribution in [0, 0.1) is 12.7 Å². The van der Waals surface area contributed by atoms with Crippen LogP contribution in [0.4, 0.5) is 17.6 Å². The van der Waals surface area contributed by atoms with E-state index in [1.165, 1.54) is 25.1 Å². The van der Waals surface area contributed by atoms with Crippen LogP contribution in [-0.4, -0.2) is 14.6 Å². The van der Waals surface area contributed by atoms with Crippen LogP contribution in [-0.2, 0) is 6.18 Å². The summed E-state index contributed by atoms with van der Waals surface area (Å²) in [5.74, 6) is -0.612. The summed E-state index contributed by atoms with van der Waals surface area (Å²) in [5, 5.41) is 2.61. The Hall–Kier alpha value is -2.64. The Morgan fingerprint density at radius 2 is 1.91 bits per heavy atom. The van der Waals surface area contributed by atoms with E-state index in [9.17, 15) is 22.4 Å². The van der Waals surface area contributed by atoms with Crippen molar-refractivity contribution in [3.8, 4) is 11.1 Å². The molecule has 2 aromatic heterocycles. The van der Waals surface area contributed by atoms with E-state index >= 15 is 0 Å². The second-order valence-electron chi connectivity index (χ2n) is 4.73. The van der Waals surface area contributed by atoms with E-state index in [4.69, 9.17) is 0 Å². The van der Waals surface area contributed by atoms with Crippen LogP contribution in [0.2, 0.25) is 0 Å². The summed E-state index contributed by atoms with van der Waals surface area (Å²) in [4.78, 5) is 15.3. The van der Waals surface area contributed by atoms with Crippen molar-refractivity contribution < 1.29 is 17.6 Å². The van der Waals surface area contributed by atoms with E-state index in [1.54, 1.807) is 6.07 Å². The van der Waals surface area contributed by atoms with Crippen molar-refractivity contribution in [3.05, 3.63) is 57.9 Å². The molecule has 8 heteroatoms. The molecule has 0 radical (unpaired) electrons. The summed E-state index contributed by atoms with van der Waals surface area (Å²) >= 11 is 0. The average Bonchev–Trinajstić information content (AvgIpc) is 2.75. The second kappa shape index (κ2) is 4.69. The molecule has 0 fully saturated rings. The third-order valence-corrected chi connectivity index (χ3v) is 3.23. The number of aromatic amines is 1. The maximum absolute atomic E-state index is 13.9. The number of halogens is 4. The number of nitrogens with one attached hydrogen (secondary N) is 1. The molecule has 22 heavy (non-hydrogen) atoms. The molecule has 0 aliphatic carbocycles. The predicted molar refractivity (Wildman–Crippen MR) is 70.9 cm³/mol. The first-order valence-corrected chi connectivity index (χ1v) is 6.23. The van der Waals surface area contributed by atoms with Crippen molar-refractivity contribution in [2.75, 3.05) is 0 Å². The molecule has 0 amide bonds. The molecule has 0 atom stereocenters. The number of rotatable bonds is 1. The van der Waals surface area contributed by atoms with Crippen LogP contribution >= 0.6 is 0 Å². The van der Waals surface area contributed by atoms with Gasteiger partial charge in [0.2, 0.25) is 0 Å². The molecule has 4 nitrogen and oxygen atoms in total. The molecule has 1 aromatic carbocycles. The molecular formula is C14H9F4N3O. The van der Waals surface area contributed by atoms with E-state index in [1.807, 2.05) is 0 Å². The number of nitrogens with zero attached hydrogens (tertiary/aromatic N) is 2. The maximum atomic E-state index is 13.9. The summed E-state index contributed by atoms with van der Waals surface area (Å²) in [6.45, 7) is 1.53. The zero-order chi connectivity index (χ0) is 16.1. The number of H-pyrrole nitrogens is 1. The van der Waals surface area contributed by atoms with Crippen LogP contribution in [0.25, 0.3) is 16.8 Å². The average molecular weight is 311 g/mol. The Kier molecular flexibility index (Phi) is 3.05. The fourth-order valence-electron chi connectivity index (χ4n) is 2.28. The molecule has 2 heterocycles. The zero-order valence-corrected chi connectivity index (χ0v) is 11.2. The van der Waals surface area contributed by atoms with Crippen molar-refractivity contribution in [3.63, 3.8) is 0 Å². The molecule has 3 rings (SSSR count). The van der Waals surface area contributed by atoms with Gasteiger partial charge in [-0.25, -0.2) is 13.9 Å². The highest BCUT2D eigenvalue weighted by Gasteiger charge is 2.34. The number of fused-ring (bicyclic) bond motifs is 1. The van der Waals surface area contributed by atoms with Crippen molar-refractivity contribution in [1.82, 2.24) is 14.6 Å². The van der Waals surface area contributed by atoms with E-state index < -0.39 is 23.2 Å². The lowest BCUT2D eigenvalue weighted by molar-refractivity contribution is -0.141. The minimum atomic E-state index is -4.76. The number of aromatic nitrogens is 3. The summed E-state index contributed by atoms with van der Waals surface area (Å²) in [5.41, 5.74) is -1.94. The van der Waals surface area contributed by atoms with Crippen LogP contribution < -0.4 is 5.56 Å². The Balaban J connectivity index is 2.41. The van der Waals surface area contributed by atoms with E-state index in [-0.39, 0.29) is 16.8 Å². The van der Waals surface area contributed by atoms with E-state index in [2.05, 4.69) is 10.1 Å². The first kappa shape index (κ1) is 14.3. The monoisotopic (exact) mass is 311 g/mol. The molecular weight excluding hydrogens is 302 g/mol. The molecule has 0 bridgehead atoms. The van der Waals surface area contributed by atoms with Gasteiger partial charge in [-0.1, -0.05) is 18.2 Å². The standard InChI is InChI=1S/C14H9F4N3O/c1-7-12(8-4-2-3-5-9(8)15)13-19-10(14(16,17)18)6-11(22)21(13)20-7/h2-6,20H,1H3. The summed E-state index contributed by atoms with van der Waals surface area (Å²) in [7, 11) is 0. The molecule has 0 unspecified atom stereocenters. The minimum absolute atomic E-state index is 0.0741. The van der Waals surface area contributed by atoms with Crippen molar-refractivity contribution in [2.45, 2.75) is 13.1 Å². The smallest absolute Gasteiger partial charge is 0.293 e. The molecule has 114 valence electrons. The summed E-state index contributed by atoms with van der Waals surface area (Å²) in [6, 6.07) is 6.01. The van der Waals surface area contributed by atoms with Crippen molar-refractivity contribution >= 4 is 5.65 Å². The first-order valence-electron chi connectivity index (χ1n) is 6.23. The fraction of sp³-hybridized carbons (Fsp3) is 0.143. The van der Waals surface area contributed by atoms with Gasteiger partial charge in [-0.15, -0.1) is 0 Å². The lowest BCUT2D eigenvalue weighted by Gasteiger charge is -2.06. The summed E-state index contributed by atoms with van der Waals surface area (Å²) in [6.07, 6.45) is -4.76. The van der Waals surface area contributed by atoms with Crippen LogP contribution in [0.3, 0.4) is 0 Å². The van der Waals surface area contributed by atoms with Crippen molar-refractivity contribution in [1.29, 1.82) is 0 Å². The fourth-order valence-corrected chi connectivity index (χ4v) is 2.28. The van der Waals surface area contributed by atoms with Gasteiger partial charge in [0, 0.05) is 22.9 Å². The second-order valence-corrected chi connectivity index (χ2v) is 4.73. The van der Waals surface area contributed by atoms with Gasteiger partial charge in [-0.05, 0) is 13.0 Å². The van der Waals surface area contributed by atoms with Gasteiger partial charge in [0.1, 0.15) is 5.82 Å². The molecule has 0 saturated heterocycles. The molecule has 0 spiro atoms. The highest BCUT2D eigenvalue weighted by atomic mass is 19.4. The van der Waals surface area contributed by atoms with Gasteiger partial charge < -0.3 is 0 Å². The number of aryl methyl sites for hydroxylation is 1. The highest BCUT2D eigenvalue weighted by Crippen LogP contribution is 2.31. The first-order chi connectivity index (χ1) is 10.3. The third-order valence-electron chi connectivity index (χ3n) is 3.23. The lowest BCUT2D eigenvalue weighted by atomic mass is 10.1. The molecule has 3 aromatic rings. The van der Waals surface area contributed by atoms with Crippen LogP contribution in [0.1, 0.15) is 11.4 Å². The normalized spacial score (nSPS) is 12.0. The van der Waals surface area contributed by atoms with Crippen LogP contribution in [0.5, 0.6) is 0 Å². The van der Waals surface area contributed by atoms with Gasteiger partial charge in [0.05, 0.1) is 0 Å². The molecule has 0 saturated carbocycles. The lowest BCUT2D eigenvalue weighted by Crippen LogP contribution is -2.20. The van der Waals surface area contributed by atoms with Crippen molar-refractivity contribution in [2.24, 2.45) is 0 Å². The Bertz CT molecular complexity index is 924. The van der Waals surface area contributed by atoms with Gasteiger partial charge in [-0.2, -0.15) is 13.2 Å². The van der Waals surface area contributed by atoms with Crippen LogP contribution in [0.15, 0.2) is 35.1 Å². The van der Waals surface area contributed by atoms with E-state index in [0.717, 1.165) is 4.52 Å². The molecule has 0 aliphatic rings. The third kappa shape index (κ3) is 2.16. The van der Waals surface area contributed by atoms with Gasteiger partial charge >= 0.3 is 6.18 Å². The number of hydrogen-bond donors (Lipinski definition) is 1. The SMILES string of the molecule is Cc1[nH]n2c(=O)cc(C(F)(F)F)nc2c1-c1ccccc1F. The van der Waals surface area contributed by atoms with Gasteiger partial charge in [-0.3, -0.25) is 9.89 Å². The van der Waals surface area contributed by atoms with E-state index in [0.29, 0.717) is 11.8 Å². The zero-order valence-electron chi connectivity index (χ0n) is 11.2. The largest absolute Gasteiger partial charge is 0.433 e. The number of alkyl halides is 3. The molecule has 0 aliphatic heterocycles. The van der Waals surface area contributed by atoms with Gasteiger partial charge in [0.25, 0.3) is 5.56 Å². The quantitative estimate of drug-likeness (QED) is 0.702. The van der Waals surface area contributed by atoms with Gasteiger partial charge in [0.15, 0.2) is 11.3 Å². The maximum Gasteiger partial charge on any atom is 0.433 e. The predicted octanol–water partition coefficient (Wildman–Crippen LogP) is 3.16. The molecule has 1 N–H and O–H groups in total. The minimum Gasteiger partial charge on any atom is -0.293 e. The highest BCUT2D eigenvalue weighted by molar-refractivity contribution is 5.80.